The maximum Gasteiger partial charge on any atom is 0.264 e. The predicted octanol–water partition coefficient (Wildman–Crippen LogP) is 2.44. The van der Waals surface area contributed by atoms with Gasteiger partial charge in [0.15, 0.2) is 0 Å². The minimum Gasteiger partial charge on any atom is -0.325 e. The quantitative estimate of drug-likeness (QED) is 0.926. The van der Waals surface area contributed by atoms with Crippen molar-refractivity contribution in [1.82, 2.24) is 14.9 Å². The fourth-order valence-corrected chi connectivity index (χ4v) is 4.57. The Balaban J connectivity index is 1.53. The third kappa shape index (κ3) is 2.49. The molecule has 6 nitrogen and oxygen atoms in total. The average Bonchev–Trinajstić information content (AvgIpc) is 2.96. The first-order valence-electron chi connectivity index (χ1n) is 8.17. The maximum atomic E-state index is 12.8. The number of fused-ring (bicyclic) bond motifs is 3. The van der Waals surface area contributed by atoms with Crippen molar-refractivity contribution < 1.29 is 9.59 Å². The first kappa shape index (κ1) is 15.3. The third-order valence-corrected chi connectivity index (χ3v) is 6.07. The fourth-order valence-electron chi connectivity index (χ4n) is 3.45. The fraction of sp³-hybridized carbons (Fsp3) is 0.412. The van der Waals surface area contributed by atoms with Crippen molar-refractivity contribution in [1.29, 1.82) is 0 Å². The molecule has 0 bridgehead atoms. The summed E-state index contributed by atoms with van der Waals surface area (Å²) in [6, 6.07) is 4.02. The van der Waals surface area contributed by atoms with Crippen LogP contribution in [0, 0.1) is 0 Å². The summed E-state index contributed by atoms with van der Waals surface area (Å²) >= 11 is 1.57. The number of hydrogen-bond donors (Lipinski definition) is 1. The van der Waals surface area contributed by atoms with Crippen molar-refractivity contribution in [3.63, 3.8) is 0 Å². The second kappa shape index (κ2) is 5.98. The minimum atomic E-state index is -0.254. The van der Waals surface area contributed by atoms with Crippen LogP contribution in [-0.2, 0) is 11.2 Å². The highest BCUT2D eigenvalue weighted by Crippen LogP contribution is 2.48. The van der Waals surface area contributed by atoms with E-state index in [9.17, 15) is 9.59 Å². The number of nitrogens with zero attached hydrogens (tertiary/aromatic N) is 3. The van der Waals surface area contributed by atoms with Crippen molar-refractivity contribution in [3.8, 4) is 0 Å². The monoisotopic (exact) mass is 342 g/mol. The van der Waals surface area contributed by atoms with Gasteiger partial charge in [-0.25, -0.2) is 9.97 Å². The molecule has 2 atom stereocenters. The molecule has 1 saturated carbocycles. The molecule has 2 amide bonds. The lowest BCUT2D eigenvalue weighted by molar-refractivity contribution is -0.117. The Morgan fingerprint density at radius 3 is 2.83 bits per heavy atom. The van der Waals surface area contributed by atoms with Gasteiger partial charge in [0.25, 0.3) is 5.91 Å². The smallest absolute Gasteiger partial charge is 0.264 e. The number of carbonyl (C=O) groups is 2. The molecule has 124 valence electrons. The molecule has 1 aliphatic carbocycles. The highest BCUT2D eigenvalue weighted by Gasteiger charge is 2.46. The van der Waals surface area contributed by atoms with Gasteiger partial charge >= 0.3 is 0 Å². The van der Waals surface area contributed by atoms with Crippen molar-refractivity contribution >= 4 is 29.1 Å². The van der Waals surface area contributed by atoms with Gasteiger partial charge in [-0.15, -0.1) is 11.3 Å². The summed E-state index contributed by atoms with van der Waals surface area (Å²) in [5.74, 6) is 0.382. The number of anilines is 1. The Labute approximate surface area is 143 Å². The van der Waals surface area contributed by atoms with E-state index in [1.54, 1.807) is 34.7 Å². The lowest BCUT2D eigenvalue weighted by Gasteiger charge is -2.47. The lowest BCUT2D eigenvalue weighted by Crippen LogP contribution is -2.54. The number of amides is 2. The zero-order valence-corrected chi connectivity index (χ0v) is 14.2. The van der Waals surface area contributed by atoms with Crippen LogP contribution in [0.2, 0.25) is 0 Å². The van der Waals surface area contributed by atoms with E-state index < -0.39 is 0 Å². The molecule has 2 aromatic heterocycles. The van der Waals surface area contributed by atoms with Gasteiger partial charge in [0.2, 0.25) is 11.9 Å². The molecule has 2 unspecified atom stereocenters. The van der Waals surface area contributed by atoms with Gasteiger partial charge in [-0.1, -0.05) is 6.92 Å². The summed E-state index contributed by atoms with van der Waals surface area (Å²) in [7, 11) is 0. The van der Waals surface area contributed by atoms with Crippen molar-refractivity contribution in [2.24, 2.45) is 0 Å². The van der Waals surface area contributed by atoms with Crippen LogP contribution in [0.3, 0.4) is 0 Å². The molecule has 1 fully saturated rings. The highest BCUT2D eigenvalue weighted by molar-refractivity contribution is 7.14. The summed E-state index contributed by atoms with van der Waals surface area (Å²) in [5, 5.41) is 2.66. The molecule has 2 aliphatic rings. The van der Waals surface area contributed by atoms with Crippen LogP contribution in [0.15, 0.2) is 24.5 Å². The van der Waals surface area contributed by atoms with Crippen molar-refractivity contribution in [2.45, 2.75) is 38.1 Å². The third-order valence-electron chi connectivity index (χ3n) is 4.78. The maximum absolute atomic E-state index is 12.8. The first-order chi connectivity index (χ1) is 11.7. The molecule has 4 rings (SSSR count). The summed E-state index contributed by atoms with van der Waals surface area (Å²) in [4.78, 5) is 36.9. The van der Waals surface area contributed by atoms with E-state index in [1.807, 2.05) is 0 Å². The topological polar surface area (TPSA) is 75.2 Å². The Kier molecular flexibility index (Phi) is 3.80. The molecule has 1 N–H and O–H groups in total. The van der Waals surface area contributed by atoms with Crippen LogP contribution in [-0.4, -0.2) is 39.3 Å². The Bertz CT molecular complexity index is 789. The Hall–Kier alpha value is -2.28. The molecule has 0 aromatic carbocycles. The van der Waals surface area contributed by atoms with E-state index in [2.05, 4.69) is 28.3 Å². The second-order valence-electron chi connectivity index (χ2n) is 6.16. The number of aryl methyl sites for hydroxylation is 1. The van der Waals surface area contributed by atoms with Gasteiger partial charge in [-0.3, -0.25) is 14.9 Å². The number of carbonyl (C=O) groups excluding carboxylic acids is 2. The van der Waals surface area contributed by atoms with E-state index in [0.717, 1.165) is 24.1 Å². The standard InChI is InChI=1S/C17H18N4O2S/c1-2-10-8-12-11-4-5-13(11)21(16(23)15(12)24-10)9-14(22)20-17-18-6-3-7-19-17/h3,6-8,11,13H,2,4-5,9H2,1H3,(H,18,19,20,22). The van der Waals surface area contributed by atoms with Gasteiger partial charge < -0.3 is 4.90 Å². The number of rotatable bonds is 4. The summed E-state index contributed by atoms with van der Waals surface area (Å²) in [6.45, 7) is 2.15. The zero-order chi connectivity index (χ0) is 16.7. The highest BCUT2D eigenvalue weighted by atomic mass is 32.1. The van der Waals surface area contributed by atoms with E-state index in [0.29, 0.717) is 5.92 Å². The van der Waals surface area contributed by atoms with Crippen LogP contribution in [0.1, 0.15) is 45.8 Å². The summed E-state index contributed by atoms with van der Waals surface area (Å²) in [6.07, 6.45) is 6.13. The molecule has 2 aromatic rings. The number of nitrogens with one attached hydrogen (secondary N) is 1. The average molecular weight is 342 g/mol. The Morgan fingerprint density at radius 2 is 2.17 bits per heavy atom. The molecule has 0 radical (unpaired) electrons. The zero-order valence-electron chi connectivity index (χ0n) is 13.4. The molecule has 0 saturated heterocycles. The number of hydrogen-bond acceptors (Lipinski definition) is 5. The molecular weight excluding hydrogens is 324 g/mol. The molecule has 3 heterocycles. The number of thiophene rings is 1. The van der Waals surface area contributed by atoms with E-state index in [-0.39, 0.29) is 30.3 Å². The Morgan fingerprint density at radius 1 is 1.38 bits per heavy atom. The van der Waals surface area contributed by atoms with Gasteiger partial charge in [-0.05, 0) is 37.0 Å². The molecule has 1 aliphatic heterocycles. The largest absolute Gasteiger partial charge is 0.325 e. The van der Waals surface area contributed by atoms with Crippen LogP contribution < -0.4 is 5.32 Å². The summed E-state index contributed by atoms with van der Waals surface area (Å²) < 4.78 is 0. The van der Waals surface area contributed by atoms with E-state index in [4.69, 9.17) is 0 Å². The van der Waals surface area contributed by atoms with Crippen molar-refractivity contribution in [3.05, 3.63) is 39.8 Å². The van der Waals surface area contributed by atoms with Crippen LogP contribution >= 0.6 is 11.3 Å². The summed E-state index contributed by atoms with van der Waals surface area (Å²) in [5.41, 5.74) is 1.20. The van der Waals surface area contributed by atoms with Gasteiger partial charge in [0.1, 0.15) is 6.54 Å². The first-order valence-corrected chi connectivity index (χ1v) is 8.99. The van der Waals surface area contributed by atoms with Gasteiger partial charge in [0.05, 0.1) is 4.88 Å². The number of aromatic nitrogens is 2. The van der Waals surface area contributed by atoms with E-state index >= 15 is 0 Å². The van der Waals surface area contributed by atoms with Gasteiger partial charge in [0, 0.05) is 29.2 Å². The van der Waals surface area contributed by atoms with Gasteiger partial charge in [-0.2, -0.15) is 0 Å². The lowest BCUT2D eigenvalue weighted by atomic mass is 9.71. The van der Waals surface area contributed by atoms with Crippen LogP contribution in [0.5, 0.6) is 0 Å². The normalized spacial score (nSPS) is 21.7. The van der Waals surface area contributed by atoms with Crippen LogP contribution in [0.25, 0.3) is 0 Å². The van der Waals surface area contributed by atoms with E-state index in [1.165, 1.54) is 10.4 Å². The second-order valence-corrected chi connectivity index (χ2v) is 7.29. The molecular formula is C17H18N4O2S. The SMILES string of the molecule is CCc1cc2c(s1)C(=O)N(CC(=O)Nc1ncccn1)C1CCC21. The molecule has 24 heavy (non-hydrogen) atoms. The van der Waals surface area contributed by atoms with Crippen LogP contribution in [0.4, 0.5) is 5.95 Å². The molecule has 7 heteroatoms. The predicted molar refractivity (Wildman–Crippen MR) is 91.2 cm³/mol. The minimum absolute atomic E-state index is 0.0141. The van der Waals surface area contributed by atoms with Crippen molar-refractivity contribution in [2.75, 3.05) is 11.9 Å². The molecule has 0 spiro atoms.